The van der Waals surface area contributed by atoms with E-state index in [1.54, 1.807) is 13.0 Å². The lowest BCUT2D eigenvalue weighted by Gasteiger charge is -2.06. The van der Waals surface area contributed by atoms with Crippen LogP contribution in [0.1, 0.15) is 26.4 Å². The Morgan fingerprint density at radius 2 is 2.09 bits per heavy atom. The van der Waals surface area contributed by atoms with Crippen molar-refractivity contribution in [1.29, 1.82) is 0 Å². The molecule has 1 heterocycles. The molecule has 114 valence electrons. The van der Waals surface area contributed by atoms with Crippen LogP contribution in [0.4, 0.5) is 11.4 Å². The molecule has 0 aliphatic carbocycles. The second kappa shape index (κ2) is 5.64. The molecule has 1 amide bonds. The molecule has 0 aliphatic rings. The van der Waals surface area contributed by atoms with Gasteiger partial charge in [-0.1, -0.05) is 6.07 Å². The van der Waals surface area contributed by atoms with Crippen molar-refractivity contribution in [3.63, 3.8) is 0 Å². The number of hydrogen-bond donors (Lipinski definition) is 2. The zero-order chi connectivity index (χ0) is 16.4. The van der Waals surface area contributed by atoms with Gasteiger partial charge in [0.1, 0.15) is 5.69 Å². The summed E-state index contributed by atoms with van der Waals surface area (Å²) in [5, 5.41) is 26.0. The molecular formula is C13H12N4O5. The molecule has 0 spiro atoms. The average Bonchev–Trinajstić information content (AvgIpc) is 2.83. The number of carboxylic acid groups (broad SMARTS) is 1. The van der Waals surface area contributed by atoms with Crippen LogP contribution in [-0.2, 0) is 7.05 Å². The van der Waals surface area contributed by atoms with Gasteiger partial charge in [0.25, 0.3) is 11.6 Å². The summed E-state index contributed by atoms with van der Waals surface area (Å²) in [4.78, 5) is 33.6. The smallest absolute Gasteiger partial charge is 0.357 e. The van der Waals surface area contributed by atoms with E-state index in [1.165, 1.54) is 30.1 Å². The van der Waals surface area contributed by atoms with Gasteiger partial charge in [0.05, 0.1) is 10.5 Å². The monoisotopic (exact) mass is 304 g/mol. The Balaban J connectivity index is 2.38. The van der Waals surface area contributed by atoms with Crippen molar-refractivity contribution in [3.05, 3.63) is 51.3 Å². The van der Waals surface area contributed by atoms with Crippen LogP contribution in [0.3, 0.4) is 0 Å². The summed E-state index contributed by atoms with van der Waals surface area (Å²) < 4.78 is 1.18. The number of nitro benzene ring substituents is 1. The maximum Gasteiger partial charge on any atom is 0.357 e. The number of rotatable bonds is 4. The fourth-order valence-electron chi connectivity index (χ4n) is 1.90. The molecule has 0 saturated heterocycles. The van der Waals surface area contributed by atoms with Crippen molar-refractivity contribution in [2.24, 2.45) is 7.05 Å². The first kappa shape index (κ1) is 15.2. The molecule has 0 fully saturated rings. The van der Waals surface area contributed by atoms with E-state index in [-0.39, 0.29) is 16.9 Å². The van der Waals surface area contributed by atoms with Crippen LogP contribution in [0, 0.1) is 17.0 Å². The minimum Gasteiger partial charge on any atom is -0.476 e. The number of aromatic carboxylic acids is 1. The number of benzene rings is 1. The highest BCUT2D eigenvalue weighted by Crippen LogP contribution is 2.26. The molecule has 0 atom stereocenters. The Labute approximate surface area is 124 Å². The molecule has 0 bridgehead atoms. The van der Waals surface area contributed by atoms with Crippen LogP contribution >= 0.6 is 0 Å². The van der Waals surface area contributed by atoms with Gasteiger partial charge in [-0.15, -0.1) is 0 Å². The quantitative estimate of drug-likeness (QED) is 0.652. The molecule has 2 N–H and O–H groups in total. The van der Waals surface area contributed by atoms with Crippen LogP contribution in [0.5, 0.6) is 0 Å². The molecule has 9 heteroatoms. The summed E-state index contributed by atoms with van der Waals surface area (Å²) >= 11 is 0. The molecule has 9 nitrogen and oxygen atoms in total. The van der Waals surface area contributed by atoms with Gasteiger partial charge in [0.15, 0.2) is 5.69 Å². The fraction of sp³-hybridized carbons (Fsp3) is 0.154. The minimum atomic E-state index is -1.36. The number of nitro groups is 1. The molecule has 2 rings (SSSR count). The number of nitrogens with one attached hydrogen (secondary N) is 1. The first-order chi connectivity index (χ1) is 10.3. The van der Waals surface area contributed by atoms with E-state index in [2.05, 4.69) is 10.4 Å². The summed E-state index contributed by atoms with van der Waals surface area (Å²) in [6.07, 6.45) is 1.23. The van der Waals surface area contributed by atoms with Gasteiger partial charge < -0.3 is 10.4 Å². The number of aromatic nitrogens is 2. The lowest BCUT2D eigenvalue weighted by Crippen LogP contribution is -2.16. The highest BCUT2D eigenvalue weighted by Gasteiger charge is 2.23. The Morgan fingerprint density at radius 1 is 1.41 bits per heavy atom. The van der Waals surface area contributed by atoms with Crippen molar-refractivity contribution in [3.8, 4) is 0 Å². The number of amides is 1. The normalized spacial score (nSPS) is 10.3. The topological polar surface area (TPSA) is 127 Å². The van der Waals surface area contributed by atoms with Crippen LogP contribution in [0.15, 0.2) is 24.4 Å². The molecule has 0 unspecified atom stereocenters. The zero-order valence-electron chi connectivity index (χ0n) is 11.7. The van der Waals surface area contributed by atoms with Gasteiger partial charge in [0, 0.05) is 19.3 Å². The zero-order valence-corrected chi connectivity index (χ0v) is 11.7. The van der Waals surface area contributed by atoms with Crippen molar-refractivity contribution in [2.75, 3.05) is 5.32 Å². The van der Waals surface area contributed by atoms with E-state index in [9.17, 15) is 19.7 Å². The molecular weight excluding hydrogens is 292 g/mol. The van der Waals surface area contributed by atoms with Gasteiger partial charge in [-0.2, -0.15) is 5.10 Å². The van der Waals surface area contributed by atoms with Gasteiger partial charge >= 0.3 is 5.97 Å². The second-order valence-corrected chi connectivity index (χ2v) is 4.60. The third-order valence-corrected chi connectivity index (χ3v) is 2.87. The fourth-order valence-corrected chi connectivity index (χ4v) is 1.90. The molecule has 22 heavy (non-hydrogen) atoms. The number of carbonyl (C=O) groups is 2. The van der Waals surface area contributed by atoms with Gasteiger partial charge in [0.2, 0.25) is 0 Å². The van der Waals surface area contributed by atoms with Gasteiger partial charge in [-0.3, -0.25) is 19.6 Å². The standard InChI is InChI=1S/C13H12N4O5/c1-7-3-4-9(10(5-7)17(21)22)14-12(18)8-6-16(2)15-11(8)13(19)20/h3-6H,1-2H3,(H,14,18)(H,19,20). The predicted molar refractivity (Wildman–Crippen MR) is 76.0 cm³/mol. The van der Waals surface area contributed by atoms with Crippen LogP contribution < -0.4 is 5.32 Å². The first-order valence-electron chi connectivity index (χ1n) is 6.13. The molecule has 0 saturated carbocycles. The Hall–Kier alpha value is -3.23. The summed E-state index contributed by atoms with van der Waals surface area (Å²) in [5.74, 6) is -2.14. The largest absolute Gasteiger partial charge is 0.476 e. The number of aryl methyl sites for hydroxylation is 2. The van der Waals surface area contributed by atoms with Gasteiger partial charge in [-0.05, 0) is 18.6 Å². The van der Waals surface area contributed by atoms with E-state index in [0.29, 0.717) is 5.56 Å². The molecule has 0 aliphatic heterocycles. The van der Waals surface area contributed by atoms with Crippen molar-refractivity contribution >= 4 is 23.3 Å². The van der Waals surface area contributed by atoms with E-state index >= 15 is 0 Å². The lowest BCUT2D eigenvalue weighted by molar-refractivity contribution is -0.384. The second-order valence-electron chi connectivity index (χ2n) is 4.60. The van der Waals surface area contributed by atoms with Crippen LogP contribution in [0.25, 0.3) is 0 Å². The molecule has 1 aromatic carbocycles. The number of carbonyl (C=O) groups excluding carboxylic acids is 1. The number of anilines is 1. The van der Waals surface area contributed by atoms with Gasteiger partial charge in [-0.25, -0.2) is 4.79 Å². The van der Waals surface area contributed by atoms with E-state index in [1.807, 2.05) is 0 Å². The SMILES string of the molecule is Cc1ccc(NC(=O)c2cn(C)nc2C(=O)O)c([N+](=O)[O-])c1. The van der Waals surface area contributed by atoms with E-state index in [4.69, 9.17) is 5.11 Å². The number of hydrogen-bond acceptors (Lipinski definition) is 5. The minimum absolute atomic E-state index is 0.0132. The number of carboxylic acids is 1. The maximum atomic E-state index is 12.2. The lowest BCUT2D eigenvalue weighted by atomic mass is 10.1. The summed E-state index contributed by atoms with van der Waals surface area (Å²) in [6.45, 7) is 1.68. The van der Waals surface area contributed by atoms with Crippen molar-refractivity contribution in [2.45, 2.75) is 6.92 Å². The highest BCUT2D eigenvalue weighted by atomic mass is 16.6. The highest BCUT2D eigenvalue weighted by molar-refractivity contribution is 6.10. The number of nitrogens with zero attached hydrogens (tertiary/aromatic N) is 3. The summed E-state index contributed by atoms with van der Waals surface area (Å²) in [7, 11) is 1.47. The van der Waals surface area contributed by atoms with Crippen molar-refractivity contribution < 1.29 is 19.6 Å². The Kier molecular flexibility index (Phi) is 3.89. The first-order valence-corrected chi connectivity index (χ1v) is 6.13. The third kappa shape index (κ3) is 2.92. The molecule has 1 aromatic heterocycles. The summed E-state index contributed by atoms with van der Waals surface area (Å²) in [6, 6.07) is 4.31. The van der Waals surface area contributed by atoms with Crippen molar-refractivity contribution in [1.82, 2.24) is 9.78 Å². The third-order valence-electron chi connectivity index (χ3n) is 2.87. The van der Waals surface area contributed by atoms with Crippen LogP contribution in [0.2, 0.25) is 0 Å². The van der Waals surface area contributed by atoms with E-state index in [0.717, 1.165) is 0 Å². The molecule has 2 aromatic rings. The van der Waals surface area contributed by atoms with Crippen LogP contribution in [-0.4, -0.2) is 31.7 Å². The van der Waals surface area contributed by atoms with E-state index < -0.39 is 22.5 Å². The Bertz CT molecular complexity index is 781. The predicted octanol–water partition coefficient (Wildman–Crippen LogP) is 1.59. The summed E-state index contributed by atoms with van der Waals surface area (Å²) in [5.41, 5.74) is -0.216. The average molecular weight is 304 g/mol. The maximum absolute atomic E-state index is 12.2. The Morgan fingerprint density at radius 3 is 2.68 bits per heavy atom. The molecule has 0 radical (unpaired) electrons.